The Hall–Kier alpha value is -12.3. The first-order valence-corrected chi connectivity index (χ1v) is 30.5. The van der Waals surface area contributed by atoms with E-state index in [1.54, 1.807) is 103 Å². The van der Waals surface area contributed by atoms with Gasteiger partial charge in [0.25, 0.3) is 11.6 Å². The van der Waals surface area contributed by atoms with Gasteiger partial charge in [0.2, 0.25) is 40.1 Å². The van der Waals surface area contributed by atoms with Gasteiger partial charge in [0, 0.05) is 95.4 Å². The minimum absolute atomic E-state index is 0.0131. The highest BCUT2D eigenvalue weighted by Crippen LogP contribution is 2.36. The van der Waals surface area contributed by atoms with Crippen molar-refractivity contribution >= 4 is 102 Å². The van der Waals surface area contributed by atoms with Crippen LogP contribution in [0.2, 0.25) is 0 Å². The number of ether oxygens (including phenoxy) is 2. The maximum atomic E-state index is 12.0. The monoisotopic (exact) mass is 1340 g/mol. The number of oxazole rings is 2. The second-order valence-electron chi connectivity index (χ2n) is 22.6. The number of ketones is 8. The maximum absolute atomic E-state index is 12.0. The molecule has 2 aromatic carbocycles. The summed E-state index contributed by atoms with van der Waals surface area (Å²) in [6.45, 7) is 14.8. The number of hydrogen-bond donors (Lipinski definition) is 3. The van der Waals surface area contributed by atoms with Crippen LogP contribution in [0.5, 0.6) is 17.2 Å². The molecule has 14 rings (SSSR count). The molecule has 8 aromatic heterocycles. The Balaban J connectivity index is 0.000000148. The number of phenols is 1. The van der Waals surface area contributed by atoms with Crippen LogP contribution in [-0.2, 0) is 9.59 Å². The molecule has 0 aliphatic heterocycles. The van der Waals surface area contributed by atoms with Crippen molar-refractivity contribution in [1.29, 1.82) is 0 Å². The first-order chi connectivity index (χ1) is 46.8. The van der Waals surface area contributed by atoms with E-state index in [1.165, 1.54) is 43.0 Å². The number of phenolic OH excluding ortho intramolecular Hbond substituents is 1. The molecule has 0 radical (unpaired) electrons. The minimum atomic E-state index is -0.646. The van der Waals surface area contributed by atoms with Crippen LogP contribution in [0.3, 0.4) is 0 Å². The van der Waals surface area contributed by atoms with Crippen molar-refractivity contribution < 1.29 is 71.4 Å². The zero-order chi connectivity index (χ0) is 71.2. The van der Waals surface area contributed by atoms with Crippen LogP contribution < -0.4 is 20.5 Å². The van der Waals surface area contributed by atoms with Gasteiger partial charge in [0.05, 0.1) is 42.3 Å². The number of nitrogens with one attached hydrogen (secondary N) is 1. The normalized spacial score (nSPS) is 13.0. The molecule has 8 heterocycles. The largest absolute Gasteiger partial charge is 0.506 e. The Morgan fingerprint density at radius 1 is 0.500 bits per heavy atom. The molecular weight excluding hydrogens is 1280 g/mol. The molecule has 4 aliphatic rings. The smallest absolute Gasteiger partial charge is 0.257 e. The van der Waals surface area contributed by atoms with Crippen molar-refractivity contribution in [1.82, 2.24) is 45.2 Å². The average molecular weight is 1340 g/mol. The average Bonchev–Trinajstić information content (AvgIpc) is 1.58. The third-order valence-corrected chi connectivity index (χ3v) is 14.7. The first-order valence-electron chi connectivity index (χ1n) is 30.1. The van der Waals surface area contributed by atoms with Gasteiger partial charge >= 0.3 is 0 Å². The number of methoxy groups -OCH3 is 2. The number of nitrogens with zero attached hydrogens (tertiary/aromatic N) is 8. The van der Waals surface area contributed by atoms with Crippen molar-refractivity contribution in [2.75, 3.05) is 14.2 Å². The van der Waals surface area contributed by atoms with Crippen LogP contribution in [0.15, 0.2) is 173 Å². The predicted octanol–water partition coefficient (Wildman–Crippen LogP) is 11.5. The molecular formula is C72H63ClN10O15. The van der Waals surface area contributed by atoms with Gasteiger partial charge in [-0.1, -0.05) is 55.4 Å². The number of fused-ring (bicyclic) bond motifs is 10. The van der Waals surface area contributed by atoms with Gasteiger partial charge in [-0.3, -0.25) is 77.8 Å². The summed E-state index contributed by atoms with van der Waals surface area (Å²) in [5.41, 5.74) is 10.3. The highest BCUT2D eigenvalue weighted by molar-refractivity contribution is 6.63. The van der Waals surface area contributed by atoms with Crippen molar-refractivity contribution in [2.24, 2.45) is 17.6 Å². The molecule has 1 amide bonds. The molecule has 0 spiro atoms. The molecule has 0 saturated carbocycles. The number of halogens is 1. The number of carbonyl (C=O) groups is 10. The number of aromatic hydroxyl groups is 1. The van der Waals surface area contributed by atoms with Gasteiger partial charge in [0.15, 0.2) is 34.6 Å². The van der Waals surface area contributed by atoms with Crippen LogP contribution in [-0.4, -0.2) is 117 Å². The summed E-state index contributed by atoms with van der Waals surface area (Å²) in [4.78, 5) is 146. The number of carbonyl (C=O) groups excluding carboxylic acids is 10. The van der Waals surface area contributed by atoms with Crippen LogP contribution in [0.1, 0.15) is 163 Å². The van der Waals surface area contributed by atoms with Crippen molar-refractivity contribution in [2.45, 2.75) is 67.2 Å². The molecule has 4 N–H and O–H groups in total. The van der Waals surface area contributed by atoms with Crippen LogP contribution in [0.25, 0.3) is 44.2 Å². The molecule has 10 aromatic rings. The van der Waals surface area contributed by atoms with E-state index in [-0.39, 0.29) is 126 Å². The number of hydrogen-bond acceptors (Lipinski definition) is 24. The molecule has 498 valence electrons. The quantitative estimate of drug-likeness (QED) is 0.0985. The summed E-state index contributed by atoms with van der Waals surface area (Å²) >= 11 is 4.97. The Labute approximate surface area is 564 Å². The molecule has 0 unspecified atom stereocenters. The number of aromatic nitrogens is 8. The van der Waals surface area contributed by atoms with Crippen molar-refractivity contribution in [3.05, 3.63) is 221 Å². The fourth-order valence-electron chi connectivity index (χ4n) is 9.15. The number of rotatable bonds is 7. The van der Waals surface area contributed by atoms with Crippen LogP contribution >= 0.6 is 11.6 Å². The lowest BCUT2D eigenvalue weighted by Crippen LogP contribution is -2.34. The summed E-state index contributed by atoms with van der Waals surface area (Å²) in [5, 5.41) is 13.8. The Morgan fingerprint density at radius 3 is 1.53 bits per heavy atom. The fourth-order valence-corrected chi connectivity index (χ4v) is 9.15. The minimum Gasteiger partial charge on any atom is -0.506 e. The molecule has 25 nitrogen and oxygen atoms in total. The highest BCUT2D eigenvalue weighted by atomic mass is 35.5. The van der Waals surface area contributed by atoms with Crippen LogP contribution in [0, 0.1) is 11.8 Å². The lowest BCUT2D eigenvalue weighted by atomic mass is 9.95. The highest BCUT2D eigenvalue weighted by Gasteiger charge is 2.37. The van der Waals surface area contributed by atoms with Gasteiger partial charge in [0.1, 0.15) is 56.6 Å². The molecule has 0 bridgehead atoms. The molecule has 0 atom stereocenters. The van der Waals surface area contributed by atoms with Gasteiger partial charge in [-0.25, -0.2) is 9.97 Å². The standard InChI is InChI=1S/C13H10N2O3.C13H12N2O3.C13H12N2O2.C11H11NO2.C9H6N2O2.C9H5NO2.C4H7ClO/c1-6(2)13-15-9-11(17)10(16)8-7(12(9)18-13)4-3-5-14-8;1-7(2)13(18)15-9-6-10(16)11-8(12(9)17)4-3-5-14-11;1-7(2)13-15-9-6-10(16)11-8(12(9)17-13)4-3-5-14-11;1-13-9-5-6-10(14-2)11-8(9)4-3-7-12-11;10-6-4-7(12)8-5(9(6)13)2-1-3-11-8;11-7-3-4-8(12)9-6(7)2-1-5-10-9;1-3(2)4(5)6/h3-6H,1-2H3;3-7H,1-2H3,(H,15,18);3-7,16H,1-2H3;3-7H,1-2H3;1-4H,10H2;1-5H;3H,1-2H3. The number of nitrogens with two attached hydrogens (primary N) is 1. The molecule has 0 fully saturated rings. The Bertz CT molecular complexity index is 4850. The summed E-state index contributed by atoms with van der Waals surface area (Å²) in [7, 11) is 3.28. The van der Waals surface area contributed by atoms with E-state index in [4.69, 9.17) is 35.6 Å². The summed E-state index contributed by atoms with van der Waals surface area (Å²) in [6.07, 6.45) is 14.0. The zero-order valence-corrected chi connectivity index (χ0v) is 55.2. The molecule has 0 saturated heterocycles. The molecule has 4 aliphatic carbocycles. The number of pyridine rings is 6. The van der Waals surface area contributed by atoms with E-state index in [9.17, 15) is 53.1 Å². The van der Waals surface area contributed by atoms with Gasteiger partial charge < -0.3 is 34.5 Å². The van der Waals surface area contributed by atoms with Crippen molar-refractivity contribution in [3.8, 4) is 28.6 Å². The summed E-state index contributed by atoms with van der Waals surface area (Å²) in [5.74, 6) is -0.129. The maximum Gasteiger partial charge on any atom is 0.257 e. The molecule has 98 heavy (non-hydrogen) atoms. The van der Waals surface area contributed by atoms with E-state index < -0.39 is 11.6 Å². The zero-order valence-electron chi connectivity index (χ0n) is 54.4. The summed E-state index contributed by atoms with van der Waals surface area (Å²) < 4.78 is 21.8. The van der Waals surface area contributed by atoms with E-state index in [1.807, 2.05) is 64.1 Å². The molecule has 26 heteroatoms. The first kappa shape index (κ1) is 71.6. The summed E-state index contributed by atoms with van der Waals surface area (Å²) in [6, 6.07) is 25.8. The second-order valence-corrected chi connectivity index (χ2v) is 22.9. The second kappa shape index (κ2) is 31.8. The van der Waals surface area contributed by atoms with E-state index in [0.717, 1.165) is 39.9 Å². The number of Topliss-reactive ketones (excluding diaryl/α,β-unsaturated/α-hetero) is 4. The van der Waals surface area contributed by atoms with E-state index >= 15 is 0 Å². The van der Waals surface area contributed by atoms with Gasteiger partial charge in [-0.15, -0.1) is 0 Å². The third-order valence-electron chi connectivity index (χ3n) is 14.3. The predicted molar refractivity (Wildman–Crippen MR) is 359 cm³/mol. The lowest BCUT2D eigenvalue weighted by Gasteiger charge is -2.15. The van der Waals surface area contributed by atoms with Crippen molar-refractivity contribution in [3.63, 3.8) is 0 Å². The van der Waals surface area contributed by atoms with Gasteiger partial charge in [-0.2, -0.15) is 0 Å². The van der Waals surface area contributed by atoms with Gasteiger partial charge in [-0.05, 0) is 109 Å². The van der Waals surface area contributed by atoms with Crippen LogP contribution in [0.4, 0.5) is 0 Å². The third kappa shape index (κ3) is 16.3. The number of benzene rings is 2. The Kier molecular flexibility index (Phi) is 23.2. The van der Waals surface area contributed by atoms with E-state index in [0.29, 0.717) is 45.3 Å². The Morgan fingerprint density at radius 2 is 0.969 bits per heavy atom. The number of allylic oxidation sites excluding steroid dienone is 6. The topological polar surface area (TPSA) is 377 Å². The number of amides is 1. The lowest BCUT2D eigenvalue weighted by molar-refractivity contribution is -0.123. The van der Waals surface area contributed by atoms with E-state index in [2.05, 4.69) is 45.2 Å². The SMILES string of the molecule is CC(C)C(=O)Cl.CC(C)C(=O)NC1=CC(=O)c2ncccc2C1=O.CC(C)c1nc2c(o1)-c1cccnc1C(=O)C2=O.CC(C)c1nc2cc(O)c3ncccc3c2o1.COc1ccc(OC)c2ncccc12.NC1=CC(=O)c2ncccc2C1=O.O=C1C=CC(=O)c2ncccc21. The fraction of sp³-hybridized carbons (Fsp3) is 0.194.